The zero-order valence-electron chi connectivity index (χ0n) is 15.7. The smallest absolute Gasteiger partial charge is 0.277 e. The lowest BCUT2D eigenvalue weighted by molar-refractivity contribution is 0.0994. The van der Waals surface area contributed by atoms with Crippen LogP contribution < -0.4 is 15.8 Å². The Kier molecular flexibility index (Phi) is 5.25. The molecule has 1 heterocycles. The highest BCUT2D eigenvalue weighted by Gasteiger charge is 2.14. The van der Waals surface area contributed by atoms with Crippen molar-refractivity contribution >= 4 is 17.5 Å². The maximum absolute atomic E-state index is 12.4. The first-order valence-corrected chi connectivity index (χ1v) is 9.10. The molecule has 7 nitrogen and oxygen atoms in total. The van der Waals surface area contributed by atoms with Gasteiger partial charge in [0, 0.05) is 17.3 Å². The van der Waals surface area contributed by atoms with Gasteiger partial charge in [0.1, 0.15) is 11.5 Å². The fraction of sp³-hybridized carbons (Fsp3) is 0. The summed E-state index contributed by atoms with van der Waals surface area (Å²) in [7, 11) is 0. The number of hydrogen-bond acceptors (Lipinski definition) is 5. The van der Waals surface area contributed by atoms with E-state index in [-0.39, 0.29) is 11.3 Å². The van der Waals surface area contributed by atoms with Gasteiger partial charge >= 0.3 is 0 Å². The van der Waals surface area contributed by atoms with Crippen molar-refractivity contribution in [2.24, 2.45) is 5.73 Å². The summed E-state index contributed by atoms with van der Waals surface area (Å²) in [6, 6.07) is 24.4. The number of aromatic nitrogens is 1. The van der Waals surface area contributed by atoms with Crippen molar-refractivity contribution in [3.8, 4) is 22.8 Å². The van der Waals surface area contributed by atoms with E-state index in [1.165, 1.54) is 0 Å². The fourth-order valence-electron chi connectivity index (χ4n) is 2.81. The van der Waals surface area contributed by atoms with E-state index in [0.717, 1.165) is 5.56 Å². The molecular weight excluding hydrogens is 382 g/mol. The molecule has 1 aromatic heterocycles. The summed E-state index contributed by atoms with van der Waals surface area (Å²) in [5.41, 5.74) is 7.21. The van der Waals surface area contributed by atoms with Crippen LogP contribution in [-0.4, -0.2) is 17.0 Å². The number of nitrogens with two attached hydrogens (primary N) is 1. The molecule has 2 amide bonds. The molecule has 148 valence electrons. The van der Waals surface area contributed by atoms with Gasteiger partial charge in [0.25, 0.3) is 11.8 Å². The lowest BCUT2D eigenvalue weighted by Gasteiger charge is -2.10. The van der Waals surface area contributed by atoms with Crippen molar-refractivity contribution in [3.63, 3.8) is 0 Å². The van der Waals surface area contributed by atoms with Gasteiger partial charge in [-0.3, -0.25) is 9.59 Å². The number of amides is 2. The number of nitrogens with zero attached hydrogens (tertiary/aromatic N) is 1. The predicted molar refractivity (Wildman–Crippen MR) is 111 cm³/mol. The van der Waals surface area contributed by atoms with Gasteiger partial charge in [-0.05, 0) is 36.4 Å². The van der Waals surface area contributed by atoms with Crippen molar-refractivity contribution in [2.75, 3.05) is 5.32 Å². The molecule has 0 aliphatic rings. The topological polar surface area (TPSA) is 107 Å². The molecule has 3 aromatic carbocycles. The number of nitrogens with one attached hydrogen (secondary N) is 1. The van der Waals surface area contributed by atoms with Crippen LogP contribution in [0.1, 0.15) is 20.8 Å². The lowest BCUT2D eigenvalue weighted by atomic mass is 10.1. The van der Waals surface area contributed by atoms with Gasteiger partial charge < -0.3 is 20.3 Å². The zero-order chi connectivity index (χ0) is 20.9. The first kappa shape index (κ1) is 18.9. The van der Waals surface area contributed by atoms with Gasteiger partial charge in [-0.2, -0.15) is 0 Å². The van der Waals surface area contributed by atoms with E-state index in [2.05, 4.69) is 10.5 Å². The Morgan fingerprint density at radius 1 is 0.900 bits per heavy atom. The Labute approximate surface area is 172 Å². The van der Waals surface area contributed by atoms with Crippen LogP contribution in [0, 0.1) is 0 Å². The second-order valence-corrected chi connectivity index (χ2v) is 6.38. The lowest BCUT2D eigenvalue weighted by Crippen LogP contribution is -2.12. The number of carbonyl (C=O) groups is 2. The van der Waals surface area contributed by atoms with E-state index >= 15 is 0 Å². The highest BCUT2D eigenvalue weighted by atomic mass is 16.5. The van der Waals surface area contributed by atoms with Gasteiger partial charge in [0.15, 0.2) is 11.5 Å². The number of hydrogen-bond donors (Lipinski definition) is 2. The summed E-state index contributed by atoms with van der Waals surface area (Å²) in [4.78, 5) is 23.9. The first-order valence-electron chi connectivity index (χ1n) is 9.10. The third-order valence-corrected chi connectivity index (χ3v) is 4.29. The van der Waals surface area contributed by atoms with E-state index in [4.69, 9.17) is 15.0 Å². The molecule has 0 saturated heterocycles. The van der Waals surface area contributed by atoms with Crippen LogP contribution in [0.4, 0.5) is 5.69 Å². The van der Waals surface area contributed by atoms with Gasteiger partial charge in [0.05, 0.1) is 5.56 Å². The summed E-state index contributed by atoms with van der Waals surface area (Å²) in [6.07, 6.45) is 0. The largest absolute Gasteiger partial charge is 0.457 e. The number of para-hydroxylation sites is 1. The Morgan fingerprint density at radius 2 is 1.60 bits per heavy atom. The molecule has 0 unspecified atom stereocenters. The number of carbonyl (C=O) groups excluding carboxylic acids is 2. The maximum Gasteiger partial charge on any atom is 0.277 e. The standard InChI is InChI=1S/C23H17N3O4/c24-22(27)18-8-4-5-9-20(18)29-17-12-10-16(11-13-17)25-23(28)19-14-21(30-26-19)15-6-2-1-3-7-15/h1-14H,(H2,24,27)(H,25,28). The Hall–Kier alpha value is -4.39. The minimum atomic E-state index is -0.572. The van der Waals surface area contributed by atoms with Gasteiger partial charge in [-0.1, -0.05) is 47.6 Å². The minimum Gasteiger partial charge on any atom is -0.457 e. The SMILES string of the molecule is NC(=O)c1ccccc1Oc1ccc(NC(=O)c2cc(-c3ccccc3)on2)cc1. The quantitative estimate of drug-likeness (QED) is 0.497. The van der Waals surface area contributed by atoms with Gasteiger partial charge in [-0.15, -0.1) is 0 Å². The highest BCUT2D eigenvalue weighted by Crippen LogP contribution is 2.26. The van der Waals surface area contributed by atoms with Crippen LogP contribution >= 0.6 is 0 Å². The Bertz CT molecular complexity index is 1180. The molecule has 0 atom stereocenters. The summed E-state index contributed by atoms with van der Waals surface area (Å²) < 4.78 is 11.0. The molecule has 0 fully saturated rings. The minimum absolute atomic E-state index is 0.171. The molecule has 0 radical (unpaired) electrons. The average Bonchev–Trinajstić information content (AvgIpc) is 3.27. The monoisotopic (exact) mass is 399 g/mol. The van der Waals surface area contributed by atoms with E-state index in [1.807, 2.05) is 30.3 Å². The van der Waals surface area contributed by atoms with Crippen LogP contribution in [0.5, 0.6) is 11.5 Å². The first-order chi connectivity index (χ1) is 14.6. The third-order valence-electron chi connectivity index (χ3n) is 4.29. The Morgan fingerprint density at radius 3 is 2.33 bits per heavy atom. The van der Waals surface area contributed by atoms with Crippen molar-refractivity contribution in [1.82, 2.24) is 5.16 Å². The molecule has 4 aromatic rings. The van der Waals surface area contributed by atoms with E-state index in [9.17, 15) is 9.59 Å². The number of anilines is 1. The van der Waals surface area contributed by atoms with E-state index in [0.29, 0.717) is 22.9 Å². The number of benzene rings is 3. The highest BCUT2D eigenvalue weighted by molar-refractivity contribution is 6.03. The summed E-state index contributed by atoms with van der Waals surface area (Å²) in [5, 5.41) is 6.59. The number of ether oxygens (including phenoxy) is 1. The molecular formula is C23H17N3O4. The second-order valence-electron chi connectivity index (χ2n) is 6.38. The second kappa shape index (κ2) is 8.32. The van der Waals surface area contributed by atoms with Crippen molar-refractivity contribution < 1.29 is 18.8 Å². The summed E-state index contributed by atoms with van der Waals surface area (Å²) in [6.45, 7) is 0. The van der Waals surface area contributed by atoms with E-state index < -0.39 is 11.8 Å². The fourth-order valence-corrected chi connectivity index (χ4v) is 2.81. The normalized spacial score (nSPS) is 10.4. The predicted octanol–water partition coefficient (Wildman–Crippen LogP) is 4.49. The van der Waals surface area contributed by atoms with Gasteiger partial charge in [-0.25, -0.2) is 0 Å². The number of rotatable bonds is 6. The Balaban J connectivity index is 1.43. The third kappa shape index (κ3) is 4.20. The molecule has 3 N–H and O–H groups in total. The molecule has 0 spiro atoms. The van der Waals surface area contributed by atoms with Crippen LogP contribution in [0.2, 0.25) is 0 Å². The van der Waals surface area contributed by atoms with Gasteiger partial charge in [0.2, 0.25) is 0 Å². The molecule has 30 heavy (non-hydrogen) atoms. The molecule has 0 saturated carbocycles. The van der Waals surface area contributed by atoms with Crippen LogP contribution in [0.25, 0.3) is 11.3 Å². The molecule has 0 aliphatic heterocycles. The molecule has 7 heteroatoms. The molecule has 0 aliphatic carbocycles. The molecule has 4 rings (SSSR count). The van der Waals surface area contributed by atoms with Crippen LogP contribution in [0.15, 0.2) is 89.5 Å². The maximum atomic E-state index is 12.4. The van der Waals surface area contributed by atoms with Crippen molar-refractivity contribution in [1.29, 1.82) is 0 Å². The van der Waals surface area contributed by atoms with Crippen LogP contribution in [0.3, 0.4) is 0 Å². The molecule has 0 bridgehead atoms. The zero-order valence-corrected chi connectivity index (χ0v) is 15.7. The van der Waals surface area contributed by atoms with Crippen molar-refractivity contribution in [2.45, 2.75) is 0 Å². The average molecular weight is 399 g/mol. The number of primary amides is 1. The van der Waals surface area contributed by atoms with E-state index in [1.54, 1.807) is 54.6 Å². The summed E-state index contributed by atoms with van der Waals surface area (Å²) >= 11 is 0. The summed E-state index contributed by atoms with van der Waals surface area (Å²) in [5.74, 6) is 0.399. The van der Waals surface area contributed by atoms with Crippen LogP contribution in [-0.2, 0) is 0 Å². The van der Waals surface area contributed by atoms with Crippen molar-refractivity contribution in [3.05, 3.63) is 96.2 Å².